The summed E-state index contributed by atoms with van der Waals surface area (Å²) in [7, 11) is 1.71. The SMILES string of the molecule is COc1cccc2c1C(CCO)CC2. The van der Waals surface area contributed by atoms with Crippen molar-refractivity contribution < 1.29 is 9.84 Å². The molecule has 1 aromatic rings. The molecule has 0 fully saturated rings. The van der Waals surface area contributed by atoms with Crippen molar-refractivity contribution in [1.29, 1.82) is 0 Å². The Bertz CT molecular complexity index is 318. The Morgan fingerprint density at radius 3 is 3.07 bits per heavy atom. The van der Waals surface area contributed by atoms with Crippen molar-refractivity contribution in [3.8, 4) is 5.75 Å². The lowest BCUT2D eigenvalue weighted by Crippen LogP contribution is -1.99. The monoisotopic (exact) mass is 192 g/mol. The predicted molar refractivity (Wildman–Crippen MR) is 55.8 cm³/mol. The van der Waals surface area contributed by atoms with E-state index in [2.05, 4.69) is 6.07 Å². The zero-order valence-corrected chi connectivity index (χ0v) is 8.49. The number of benzene rings is 1. The lowest BCUT2D eigenvalue weighted by Gasteiger charge is -2.13. The molecule has 14 heavy (non-hydrogen) atoms. The highest BCUT2D eigenvalue weighted by molar-refractivity contribution is 5.45. The molecule has 2 heteroatoms. The largest absolute Gasteiger partial charge is 0.496 e. The van der Waals surface area contributed by atoms with Crippen molar-refractivity contribution in [3.05, 3.63) is 29.3 Å². The molecule has 0 bridgehead atoms. The minimum atomic E-state index is 0.266. The fraction of sp³-hybridized carbons (Fsp3) is 0.500. The van der Waals surface area contributed by atoms with Crippen molar-refractivity contribution in [2.45, 2.75) is 25.2 Å². The van der Waals surface area contributed by atoms with E-state index in [0.717, 1.165) is 25.0 Å². The highest BCUT2D eigenvalue weighted by Crippen LogP contribution is 2.40. The standard InChI is InChI=1S/C12H16O2/c1-14-11-4-2-3-9-5-6-10(7-8-13)12(9)11/h2-4,10,13H,5-8H2,1H3. The topological polar surface area (TPSA) is 29.5 Å². The van der Waals surface area contributed by atoms with Crippen molar-refractivity contribution in [2.24, 2.45) is 0 Å². The number of ether oxygens (including phenoxy) is 1. The Hall–Kier alpha value is -1.02. The van der Waals surface area contributed by atoms with Gasteiger partial charge in [0.05, 0.1) is 7.11 Å². The Balaban J connectivity index is 2.35. The van der Waals surface area contributed by atoms with Gasteiger partial charge < -0.3 is 9.84 Å². The molecule has 0 saturated heterocycles. The summed E-state index contributed by atoms with van der Waals surface area (Å²) in [6, 6.07) is 6.21. The van der Waals surface area contributed by atoms with E-state index in [1.165, 1.54) is 11.1 Å². The summed E-state index contributed by atoms with van der Waals surface area (Å²) in [6.07, 6.45) is 3.13. The van der Waals surface area contributed by atoms with Gasteiger partial charge in [-0.1, -0.05) is 12.1 Å². The van der Waals surface area contributed by atoms with Crippen molar-refractivity contribution in [3.63, 3.8) is 0 Å². The molecule has 1 N–H and O–H groups in total. The third-order valence-electron chi connectivity index (χ3n) is 3.02. The highest BCUT2D eigenvalue weighted by Gasteiger charge is 2.25. The molecule has 0 saturated carbocycles. The van der Waals surface area contributed by atoms with Crippen LogP contribution in [0.15, 0.2) is 18.2 Å². The van der Waals surface area contributed by atoms with Gasteiger partial charge in [-0.25, -0.2) is 0 Å². The third-order valence-corrected chi connectivity index (χ3v) is 3.02. The maximum absolute atomic E-state index is 8.98. The lowest BCUT2D eigenvalue weighted by molar-refractivity contribution is 0.274. The van der Waals surface area contributed by atoms with E-state index in [-0.39, 0.29) is 6.61 Å². The first kappa shape index (κ1) is 9.53. The third kappa shape index (κ3) is 1.50. The fourth-order valence-corrected chi connectivity index (χ4v) is 2.37. The van der Waals surface area contributed by atoms with Crippen molar-refractivity contribution >= 4 is 0 Å². The highest BCUT2D eigenvalue weighted by atomic mass is 16.5. The Labute approximate surface area is 84.5 Å². The van der Waals surface area contributed by atoms with Gasteiger partial charge in [0.2, 0.25) is 0 Å². The molecule has 76 valence electrons. The van der Waals surface area contributed by atoms with E-state index in [4.69, 9.17) is 9.84 Å². The molecule has 0 amide bonds. The van der Waals surface area contributed by atoms with Crippen molar-refractivity contribution in [1.82, 2.24) is 0 Å². The number of hydrogen-bond donors (Lipinski definition) is 1. The second kappa shape index (κ2) is 4.01. The van der Waals surface area contributed by atoms with E-state index in [1.54, 1.807) is 7.11 Å². The van der Waals surface area contributed by atoms with Crippen LogP contribution in [0.3, 0.4) is 0 Å². The van der Waals surface area contributed by atoms with Crippen LogP contribution >= 0.6 is 0 Å². The van der Waals surface area contributed by atoms with Gasteiger partial charge in [-0.3, -0.25) is 0 Å². The van der Waals surface area contributed by atoms with E-state index < -0.39 is 0 Å². The summed E-state index contributed by atoms with van der Waals surface area (Å²) < 4.78 is 5.35. The van der Waals surface area contributed by atoms with E-state index >= 15 is 0 Å². The number of aryl methyl sites for hydroxylation is 1. The predicted octanol–water partition coefficient (Wildman–Crippen LogP) is 2.11. The van der Waals surface area contributed by atoms with Crippen LogP contribution in [0.1, 0.15) is 29.9 Å². The number of aliphatic hydroxyl groups excluding tert-OH is 1. The summed E-state index contributed by atoms with van der Waals surface area (Å²) in [5, 5.41) is 8.98. The molecule has 0 radical (unpaired) electrons. The number of hydrogen-bond acceptors (Lipinski definition) is 2. The lowest BCUT2D eigenvalue weighted by atomic mass is 9.97. The molecule has 0 aliphatic heterocycles. The van der Waals surface area contributed by atoms with E-state index in [0.29, 0.717) is 5.92 Å². The summed E-state index contributed by atoms with van der Waals surface area (Å²) >= 11 is 0. The molecule has 1 aromatic carbocycles. The van der Waals surface area contributed by atoms with Crippen LogP contribution in [-0.2, 0) is 6.42 Å². The molecule has 1 atom stereocenters. The first-order valence-electron chi connectivity index (χ1n) is 5.13. The zero-order chi connectivity index (χ0) is 9.97. The van der Waals surface area contributed by atoms with Crippen LogP contribution < -0.4 is 4.74 Å². The molecule has 1 aliphatic carbocycles. The molecule has 2 rings (SSSR count). The van der Waals surface area contributed by atoms with Crippen LogP contribution in [0, 0.1) is 0 Å². The van der Waals surface area contributed by atoms with Gasteiger partial charge in [0.15, 0.2) is 0 Å². The maximum atomic E-state index is 8.98. The molecule has 0 heterocycles. The summed E-state index contributed by atoms with van der Waals surface area (Å²) in [5.74, 6) is 1.48. The summed E-state index contributed by atoms with van der Waals surface area (Å²) in [4.78, 5) is 0. The summed E-state index contributed by atoms with van der Waals surface area (Å²) in [6.45, 7) is 0.266. The zero-order valence-electron chi connectivity index (χ0n) is 8.49. The number of methoxy groups -OCH3 is 1. The van der Waals surface area contributed by atoms with Crippen LogP contribution in [-0.4, -0.2) is 18.8 Å². The van der Waals surface area contributed by atoms with Gasteiger partial charge >= 0.3 is 0 Å². The molecule has 1 aliphatic rings. The minimum absolute atomic E-state index is 0.266. The molecule has 1 unspecified atom stereocenters. The second-order valence-corrected chi connectivity index (χ2v) is 3.78. The van der Waals surface area contributed by atoms with E-state index in [1.807, 2.05) is 12.1 Å². The van der Waals surface area contributed by atoms with Crippen molar-refractivity contribution in [2.75, 3.05) is 13.7 Å². The molecule has 0 spiro atoms. The average molecular weight is 192 g/mol. The van der Waals surface area contributed by atoms with Crippen LogP contribution in [0.2, 0.25) is 0 Å². The Kier molecular flexibility index (Phi) is 2.73. The Morgan fingerprint density at radius 1 is 1.50 bits per heavy atom. The quantitative estimate of drug-likeness (QED) is 0.794. The second-order valence-electron chi connectivity index (χ2n) is 3.78. The first-order valence-corrected chi connectivity index (χ1v) is 5.13. The molecule has 2 nitrogen and oxygen atoms in total. The normalized spacial score (nSPS) is 19.4. The molecular formula is C12H16O2. The number of fused-ring (bicyclic) bond motifs is 1. The van der Waals surface area contributed by atoms with Gasteiger partial charge in [0, 0.05) is 12.2 Å². The molecular weight excluding hydrogens is 176 g/mol. The maximum Gasteiger partial charge on any atom is 0.122 e. The Morgan fingerprint density at radius 2 is 2.36 bits per heavy atom. The van der Waals surface area contributed by atoms with Gasteiger partial charge in [-0.2, -0.15) is 0 Å². The van der Waals surface area contributed by atoms with Crippen LogP contribution in [0.4, 0.5) is 0 Å². The van der Waals surface area contributed by atoms with Gasteiger partial charge in [0.25, 0.3) is 0 Å². The van der Waals surface area contributed by atoms with Gasteiger partial charge in [-0.05, 0) is 36.8 Å². The van der Waals surface area contributed by atoms with Crippen LogP contribution in [0.25, 0.3) is 0 Å². The smallest absolute Gasteiger partial charge is 0.122 e. The average Bonchev–Trinajstić information content (AvgIpc) is 2.62. The van der Waals surface area contributed by atoms with Gasteiger partial charge in [0.1, 0.15) is 5.75 Å². The first-order chi connectivity index (χ1) is 6.86. The van der Waals surface area contributed by atoms with Gasteiger partial charge in [-0.15, -0.1) is 0 Å². The fourth-order valence-electron chi connectivity index (χ4n) is 2.37. The number of aliphatic hydroxyl groups is 1. The van der Waals surface area contributed by atoms with Crippen LogP contribution in [0.5, 0.6) is 5.75 Å². The molecule has 0 aromatic heterocycles. The minimum Gasteiger partial charge on any atom is -0.496 e. The van der Waals surface area contributed by atoms with E-state index in [9.17, 15) is 0 Å². The number of rotatable bonds is 3. The summed E-state index contributed by atoms with van der Waals surface area (Å²) in [5.41, 5.74) is 2.71.